The molecule has 0 bridgehead atoms. The third-order valence-electron chi connectivity index (χ3n) is 5.44. The van der Waals surface area contributed by atoms with E-state index in [0.717, 1.165) is 0 Å². The fourth-order valence-corrected chi connectivity index (χ4v) is 3.57. The van der Waals surface area contributed by atoms with Crippen LogP contribution in [0.5, 0.6) is 0 Å². The van der Waals surface area contributed by atoms with Crippen LogP contribution in [-0.4, -0.2) is 0 Å². The van der Waals surface area contributed by atoms with Crippen LogP contribution in [0.1, 0.15) is 60.1 Å². The van der Waals surface area contributed by atoms with E-state index >= 15 is 0 Å². The van der Waals surface area contributed by atoms with Crippen LogP contribution in [0.15, 0.2) is 36.4 Å². The summed E-state index contributed by atoms with van der Waals surface area (Å²) >= 11 is 0. The van der Waals surface area contributed by atoms with Crippen LogP contribution in [0, 0.1) is 27.7 Å². The number of aryl methyl sites for hydroxylation is 1. The molecular weight excluding hydrogens is 539 g/mol. The average molecular weight is 572 g/mol. The number of benzene rings is 1. The molecular formula is C24H32Br2Zr. The second kappa shape index (κ2) is 14.1. The summed E-state index contributed by atoms with van der Waals surface area (Å²) in [6.07, 6.45) is 4.98. The fourth-order valence-electron chi connectivity index (χ4n) is 3.57. The zero-order chi connectivity index (χ0) is 17.7. The van der Waals surface area contributed by atoms with E-state index in [1.165, 1.54) is 64.3 Å². The third-order valence-corrected chi connectivity index (χ3v) is 5.44. The first-order valence-electron chi connectivity index (χ1n) is 9.35. The Morgan fingerprint density at radius 1 is 0.889 bits per heavy atom. The van der Waals surface area contributed by atoms with Crippen molar-refractivity contribution in [1.29, 1.82) is 0 Å². The van der Waals surface area contributed by atoms with Crippen molar-refractivity contribution in [3.63, 3.8) is 0 Å². The largest absolute Gasteiger partial charge is 4.00 e. The van der Waals surface area contributed by atoms with E-state index in [1.807, 2.05) is 0 Å². The normalized spacial score (nSPS) is 9.56. The van der Waals surface area contributed by atoms with Crippen LogP contribution in [0.3, 0.4) is 0 Å². The predicted octanol–water partition coefficient (Wildman–Crippen LogP) is 1.11. The van der Waals surface area contributed by atoms with E-state index in [0.29, 0.717) is 0 Å². The molecule has 0 nitrogen and oxygen atoms in total. The van der Waals surface area contributed by atoms with Gasteiger partial charge < -0.3 is 34.0 Å². The van der Waals surface area contributed by atoms with Crippen molar-refractivity contribution in [3.05, 3.63) is 69.8 Å². The number of halogens is 2. The molecule has 0 amide bonds. The Morgan fingerprint density at radius 3 is 1.89 bits per heavy atom. The Bertz CT molecular complexity index is 738. The predicted molar refractivity (Wildman–Crippen MR) is 109 cm³/mol. The smallest absolute Gasteiger partial charge is 1.00 e. The van der Waals surface area contributed by atoms with Gasteiger partial charge in [0.15, 0.2) is 0 Å². The van der Waals surface area contributed by atoms with Gasteiger partial charge in [-0.25, -0.2) is 0 Å². The van der Waals surface area contributed by atoms with E-state index in [4.69, 9.17) is 0 Å². The monoisotopic (exact) mass is 568 g/mol. The van der Waals surface area contributed by atoms with Gasteiger partial charge in [0.25, 0.3) is 0 Å². The zero-order valence-corrected chi connectivity index (χ0v) is 23.2. The first-order valence-corrected chi connectivity index (χ1v) is 9.35. The number of hydrogen-bond acceptors (Lipinski definition) is 0. The standard InChI is InChI=1S/C13H15.C11H17.2BrH.Zr/c1-2-3-6-11-9-12-7-4-5-8-13(12)10-11;1-6-11-9(4)7(2)8(3)10(11)5;;;/h4-5,7-10H,2-3,6H2,1H3;6H2,1-5H3;2*1H;/q2*-1;;;+4/p-2. The van der Waals surface area contributed by atoms with Crippen LogP contribution in [0.2, 0.25) is 0 Å². The summed E-state index contributed by atoms with van der Waals surface area (Å²) in [7, 11) is 0. The molecule has 0 N–H and O–H groups in total. The minimum Gasteiger partial charge on any atom is -1.00 e. The van der Waals surface area contributed by atoms with Gasteiger partial charge in [0.05, 0.1) is 0 Å². The Labute approximate surface area is 206 Å². The SMILES string of the molecule is CCCCc1cc2ccccc2[cH-]1.CC[c-]1c(C)c(C)c(C)c1C.[Br-].[Br-].[Zr+4]. The minimum absolute atomic E-state index is 0. The van der Waals surface area contributed by atoms with Crippen LogP contribution in [-0.2, 0) is 39.0 Å². The topological polar surface area (TPSA) is 0 Å². The van der Waals surface area contributed by atoms with Gasteiger partial charge in [-0.05, 0) is 6.42 Å². The summed E-state index contributed by atoms with van der Waals surface area (Å²) in [5, 5.41) is 2.77. The molecule has 3 aromatic rings. The molecule has 0 aromatic heterocycles. The molecule has 0 spiro atoms. The van der Waals surface area contributed by atoms with Crippen molar-refractivity contribution >= 4 is 10.8 Å². The van der Waals surface area contributed by atoms with Gasteiger partial charge in [0, 0.05) is 0 Å². The van der Waals surface area contributed by atoms with Crippen LogP contribution in [0.4, 0.5) is 0 Å². The number of rotatable bonds is 4. The minimum atomic E-state index is 0. The maximum atomic E-state index is 2.31. The molecule has 3 heteroatoms. The van der Waals surface area contributed by atoms with Gasteiger partial charge in [-0.15, -0.1) is 40.6 Å². The summed E-state index contributed by atoms with van der Waals surface area (Å²) in [6, 6.07) is 13.2. The van der Waals surface area contributed by atoms with Crippen molar-refractivity contribution < 1.29 is 60.2 Å². The zero-order valence-electron chi connectivity index (χ0n) is 17.5. The summed E-state index contributed by atoms with van der Waals surface area (Å²) < 4.78 is 0. The van der Waals surface area contributed by atoms with Gasteiger partial charge >= 0.3 is 26.2 Å². The van der Waals surface area contributed by atoms with E-state index in [-0.39, 0.29) is 60.2 Å². The fraction of sp³-hybridized carbons (Fsp3) is 0.417. The maximum absolute atomic E-state index is 2.31. The maximum Gasteiger partial charge on any atom is 4.00 e. The van der Waals surface area contributed by atoms with Crippen molar-refractivity contribution in [1.82, 2.24) is 0 Å². The third kappa shape index (κ3) is 7.41. The molecule has 0 saturated heterocycles. The first kappa shape index (κ1) is 29.2. The van der Waals surface area contributed by atoms with E-state index < -0.39 is 0 Å². The van der Waals surface area contributed by atoms with Gasteiger partial charge in [-0.3, -0.25) is 0 Å². The van der Waals surface area contributed by atoms with E-state index in [9.17, 15) is 0 Å². The van der Waals surface area contributed by atoms with Crippen molar-refractivity contribution in [2.75, 3.05) is 0 Å². The number of fused-ring (bicyclic) bond motifs is 1. The Morgan fingerprint density at radius 2 is 1.44 bits per heavy atom. The molecule has 0 aliphatic carbocycles. The molecule has 0 heterocycles. The van der Waals surface area contributed by atoms with Gasteiger partial charge in [-0.1, -0.05) is 66.9 Å². The number of hydrogen-bond donors (Lipinski definition) is 0. The van der Waals surface area contributed by atoms with Crippen LogP contribution in [0.25, 0.3) is 10.8 Å². The Kier molecular flexibility index (Phi) is 15.2. The van der Waals surface area contributed by atoms with Crippen molar-refractivity contribution in [2.45, 2.75) is 67.2 Å². The molecule has 3 rings (SSSR count). The second-order valence-corrected chi connectivity index (χ2v) is 6.93. The molecule has 0 radical (unpaired) electrons. The molecule has 0 fully saturated rings. The van der Waals surface area contributed by atoms with Crippen LogP contribution < -0.4 is 34.0 Å². The molecule has 3 aromatic carbocycles. The summed E-state index contributed by atoms with van der Waals surface area (Å²) in [5.74, 6) is 0. The summed E-state index contributed by atoms with van der Waals surface area (Å²) in [6.45, 7) is 13.4. The van der Waals surface area contributed by atoms with Crippen LogP contribution >= 0.6 is 0 Å². The molecule has 0 aliphatic rings. The number of unbranched alkanes of at least 4 members (excludes halogenated alkanes) is 1. The average Bonchev–Trinajstić information content (AvgIpc) is 3.09. The second-order valence-electron chi connectivity index (χ2n) is 6.93. The van der Waals surface area contributed by atoms with Gasteiger partial charge in [-0.2, -0.15) is 33.9 Å². The van der Waals surface area contributed by atoms with Crippen molar-refractivity contribution in [2.24, 2.45) is 0 Å². The Balaban J connectivity index is 0. The first-order chi connectivity index (χ1) is 11.5. The van der Waals surface area contributed by atoms with Crippen molar-refractivity contribution in [3.8, 4) is 0 Å². The van der Waals surface area contributed by atoms with Gasteiger partial charge in [0.1, 0.15) is 0 Å². The van der Waals surface area contributed by atoms with E-state index in [1.54, 1.807) is 5.56 Å². The van der Waals surface area contributed by atoms with Gasteiger partial charge in [0.2, 0.25) is 0 Å². The molecule has 146 valence electrons. The Hall–Kier alpha value is 0.0231. The molecule has 0 saturated carbocycles. The summed E-state index contributed by atoms with van der Waals surface area (Å²) in [5.41, 5.74) is 9.02. The summed E-state index contributed by atoms with van der Waals surface area (Å²) in [4.78, 5) is 0. The molecule has 27 heavy (non-hydrogen) atoms. The van der Waals surface area contributed by atoms with E-state index in [2.05, 4.69) is 77.9 Å². The molecule has 0 atom stereocenters. The molecule has 0 unspecified atom stereocenters. The molecule has 0 aliphatic heterocycles. The quantitative estimate of drug-likeness (QED) is 0.412.